The molecule has 0 aromatic heterocycles. The lowest BCUT2D eigenvalue weighted by Gasteiger charge is -2.28. The highest BCUT2D eigenvalue weighted by atomic mass is 35.5. The van der Waals surface area contributed by atoms with Crippen LogP contribution in [-0.2, 0) is 14.4 Å². The van der Waals surface area contributed by atoms with Gasteiger partial charge >= 0.3 is 0 Å². The van der Waals surface area contributed by atoms with Gasteiger partial charge < -0.3 is 26.4 Å². The molecule has 0 aliphatic heterocycles. The number of rotatable bonds is 10. The van der Waals surface area contributed by atoms with Crippen LogP contribution in [0.1, 0.15) is 45.2 Å². The van der Waals surface area contributed by atoms with Crippen molar-refractivity contribution in [3.63, 3.8) is 0 Å². The maximum absolute atomic E-state index is 12.9. The predicted molar refractivity (Wildman–Crippen MR) is 119 cm³/mol. The number of halogens is 1. The number of nitrogens with one attached hydrogen (secondary N) is 2. The van der Waals surface area contributed by atoms with E-state index < -0.39 is 36.0 Å². The van der Waals surface area contributed by atoms with E-state index in [9.17, 15) is 19.5 Å². The first-order chi connectivity index (χ1) is 13.6. The van der Waals surface area contributed by atoms with Crippen molar-refractivity contribution in [2.24, 2.45) is 11.7 Å². The molecular formula is C21H35ClN4O4. The number of benzene rings is 1. The van der Waals surface area contributed by atoms with Gasteiger partial charge in [-0.2, -0.15) is 0 Å². The molecule has 0 radical (unpaired) electrons. The Bertz CT molecular complexity index is 685. The van der Waals surface area contributed by atoms with Gasteiger partial charge in [-0.15, -0.1) is 12.4 Å². The lowest BCUT2D eigenvalue weighted by molar-refractivity contribution is -0.138. The summed E-state index contributed by atoms with van der Waals surface area (Å²) in [5.74, 6) is -1.76. The van der Waals surface area contributed by atoms with Gasteiger partial charge in [0.25, 0.3) is 5.91 Å². The monoisotopic (exact) mass is 442 g/mol. The number of aliphatic hydroxyl groups is 1. The van der Waals surface area contributed by atoms with Gasteiger partial charge in [-0.25, -0.2) is 0 Å². The third kappa shape index (κ3) is 7.93. The second-order valence-electron chi connectivity index (χ2n) is 7.71. The van der Waals surface area contributed by atoms with E-state index in [0.717, 1.165) is 6.42 Å². The number of aliphatic hydroxyl groups excluding tert-OH is 1. The molecule has 0 aliphatic rings. The first-order valence-corrected chi connectivity index (χ1v) is 9.90. The Kier molecular flexibility index (Phi) is 12.3. The summed E-state index contributed by atoms with van der Waals surface area (Å²) in [7, 11) is 3.22. The number of nitrogens with zero attached hydrogens (tertiary/aromatic N) is 1. The molecular weight excluding hydrogens is 408 g/mol. The van der Waals surface area contributed by atoms with Gasteiger partial charge in [-0.1, -0.05) is 57.5 Å². The van der Waals surface area contributed by atoms with E-state index in [4.69, 9.17) is 5.73 Å². The third-order valence-corrected chi connectivity index (χ3v) is 4.65. The second kappa shape index (κ2) is 13.2. The van der Waals surface area contributed by atoms with Crippen molar-refractivity contribution in [3.8, 4) is 0 Å². The molecule has 1 rings (SSSR count). The minimum atomic E-state index is -1.41. The van der Waals surface area contributed by atoms with E-state index in [1.807, 2.05) is 13.0 Å². The quantitative estimate of drug-likeness (QED) is 0.430. The molecule has 0 heterocycles. The number of nitrogens with two attached hydrogens (primary N) is 1. The smallest absolute Gasteiger partial charge is 0.251 e. The number of hydrogen-bond donors (Lipinski definition) is 4. The van der Waals surface area contributed by atoms with Gasteiger partial charge in [-0.05, 0) is 17.9 Å². The Morgan fingerprint density at radius 1 is 1.07 bits per heavy atom. The summed E-state index contributed by atoms with van der Waals surface area (Å²) in [4.78, 5) is 39.3. The largest absolute Gasteiger partial charge is 0.382 e. The van der Waals surface area contributed by atoms with Crippen LogP contribution in [0, 0.1) is 5.92 Å². The lowest BCUT2D eigenvalue weighted by atomic mass is 9.99. The van der Waals surface area contributed by atoms with Gasteiger partial charge in [0.1, 0.15) is 18.2 Å². The van der Waals surface area contributed by atoms with Crippen molar-refractivity contribution in [2.45, 2.75) is 57.8 Å². The summed E-state index contributed by atoms with van der Waals surface area (Å²) < 4.78 is 0. The fraction of sp³-hybridized carbons (Fsp3) is 0.571. The van der Waals surface area contributed by atoms with Gasteiger partial charge in [-0.3, -0.25) is 14.4 Å². The molecule has 8 nitrogen and oxygen atoms in total. The molecule has 3 amide bonds. The fourth-order valence-electron chi connectivity index (χ4n) is 2.88. The molecule has 0 fully saturated rings. The van der Waals surface area contributed by atoms with Crippen LogP contribution >= 0.6 is 12.4 Å². The Morgan fingerprint density at radius 3 is 2.10 bits per heavy atom. The predicted octanol–water partition coefficient (Wildman–Crippen LogP) is 0.983. The van der Waals surface area contributed by atoms with Crippen LogP contribution in [0.2, 0.25) is 0 Å². The molecule has 0 aliphatic carbocycles. The van der Waals surface area contributed by atoms with Crippen LogP contribution in [0.3, 0.4) is 0 Å². The Balaban J connectivity index is 0.00000841. The topological polar surface area (TPSA) is 125 Å². The van der Waals surface area contributed by atoms with Crippen LogP contribution in [0.15, 0.2) is 30.3 Å². The molecule has 9 heteroatoms. The normalized spacial score (nSPS) is 14.7. The number of hydrogen-bond acceptors (Lipinski definition) is 5. The maximum atomic E-state index is 12.9. The molecule has 1 aromatic carbocycles. The lowest BCUT2D eigenvalue weighted by Crippen LogP contribution is -2.56. The molecule has 0 spiro atoms. The summed E-state index contributed by atoms with van der Waals surface area (Å²) in [5, 5.41) is 15.4. The number of amides is 3. The van der Waals surface area contributed by atoms with E-state index in [1.165, 1.54) is 4.90 Å². The average molecular weight is 443 g/mol. The molecule has 0 saturated heterocycles. The third-order valence-electron chi connectivity index (χ3n) is 4.65. The zero-order valence-corrected chi connectivity index (χ0v) is 19.1. The van der Waals surface area contributed by atoms with Crippen LogP contribution in [0.5, 0.6) is 0 Å². The van der Waals surface area contributed by atoms with Gasteiger partial charge in [0.05, 0.1) is 0 Å². The molecule has 5 N–H and O–H groups in total. The number of carbonyl (C=O) groups excluding carboxylic acids is 3. The van der Waals surface area contributed by atoms with Crippen molar-refractivity contribution >= 4 is 30.1 Å². The van der Waals surface area contributed by atoms with E-state index in [-0.39, 0.29) is 24.2 Å². The molecule has 30 heavy (non-hydrogen) atoms. The van der Waals surface area contributed by atoms with E-state index >= 15 is 0 Å². The van der Waals surface area contributed by atoms with Crippen molar-refractivity contribution < 1.29 is 19.5 Å². The van der Waals surface area contributed by atoms with Gasteiger partial charge in [0.2, 0.25) is 11.8 Å². The highest BCUT2D eigenvalue weighted by Gasteiger charge is 2.32. The maximum Gasteiger partial charge on any atom is 0.251 e. The first-order valence-electron chi connectivity index (χ1n) is 9.90. The highest BCUT2D eigenvalue weighted by Crippen LogP contribution is 2.16. The Morgan fingerprint density at radius 2 is 1.63 bits per heavy atom. The van der Waals surface area contributed by atoms with Crippen LogP contribution in [-0.4, -0.2) is 60.0 Å². The van der Waals surface area contributed by atoms with Crippen molar-refractivity contribution in [1.82, 2.24) is 15.5 Å². The summed E-state index contributed by atoms with van der Waals surface area (Å²) in [6, 6.07) is 6.38. The van der Waals surface area contributed by atoms with E-state index in [2.05, 4.69) is 10.6 Å². The van der Waals surface area contributed by atoms with Crippen molar-refractivity contribution in [3.05, 3.63) is 35.9 Å². The molecule has 1 aromatic rings. The summed E-state index contributed by atoms with van der Waals surface area (Å²) in [5.41, 5.74) is 6.46. The standard InChI is InChI=1S/C21H34N4O4.ClH/c1-6-10-15(22)18(26)20(28)23-16(13(2)3)19(27)24-17(21(29)25(4)5)14-11-8-7-9-12-14;/h7-9,11-13,15-18,26H,6,10,22H2,1-5H3,(H,23,28)(H,24,27);1H/t15-,16?,17?,18?;/m0./s1. The SMILES string of the molecule is CCC[C@H](N)C(O)C(=O)NC(C(=O)NC(C(=O)N(C)C)c1ccccc1)C(C)C.Cl. The van der Waals surface area contributed by atoms with Crippen molar-refractivity contribution in [1.29, 1.82) is 0 Å². The van der Waals surface area contributed by atoms with Crippen LogP contribution < -0.4 is 16.4 Å². The number of likely N-dealkylation sites (N-methyl/N-ethyl adjacent to an activating group) is 1. The zero-order valence-electron chi connectivity index (χ0n) is 18.3. The Hall–Kier alpha value is -2.16. The fourth-order valence-corrected chi connectivity index (χ4v) is 2.88. The molecule has 170 valence electrons. The highest BCUT2D eigenvalue weighted by molar-refractivity contribution is 5.93. The molecule has 4 atom stereocenters. The summed E-state index contributed by atoms with van der Waals surface area (Å²) in [6.07, 6.45) is -0.191. The summed E-state index contributed by atoms with van der Waals surface area (Å²) in [6.45, 7) is 5.45. The molecule has 0 saturated carbocycles. The van der Waals surface area contributed by atoms with Crippen LogP contribution in [0.25, 0.3) is 0 Å². The first kappa shape index (κ1) is 27.8. The number of carbonyl (C=O) groups is 3. The minimum absolute atomic E-state index is 0. The minimum Gasteiger partial charge on any atom is -0.382 e. The summed E-state index contributed by atoms with van der Waals surface area (Å²) >= 11 is 0. The second-order valence-corrected chi connectivity index (χ2v) is 7.71. The van der Waals surface area contributed by atoms with E-state index in [0.29, 0.717) is 12.0 Å². The van der Waals surface area contributed by atoms with E-state index in [1.54, 1.807) is 52.2 Å². The Labute approximate surface area is 185 Å². The van der Waals surface area contributed by atoms with Crippen LogP contribution in [0.4, 0.5) is 0 Å². The average Bonchev–Trinajstić information content (AvgIpc) is 2.69. The molecule has 3 unspecified atom stereocenters. The zero-order chi connectivity index (χ0) is 22.1. The van der Waals surface area contributed by atoms with Gasteiger partial charge in [0, 0.05) is 20.1 Å². The molecule has 0 bridgehead atoms. The van der Waals surface area contributed by atoms with Gasteiger partial charge in [0.15, 0.2) is 0 Å². The van der Waals surface area contributed by atoms with Crippen molar-refractivity contribution in [2.75, 3.05) is 14.1 Å².